The van der Waals surface area contributed by atoms with Gasteiger partial charge in [0.1, 0.15) is 11.5 Å². The van der Waals surface area contributed by atoms with E-state index in [9.17, 15) is 4.79 Å². The zero-order chi connectivity index (χ0) is 17.9. The van der Waals surface area contributed by atoms with Crippen LogP contribution in [0.5, 0.6) is 11.5 Å². The highest BCUT2D eigenvalue weighted by Gasteiger charge is 2.10. The van der Waals surface area contributed by atoms with Gasteiger partial charge in [0.15, 0.2) is 5.13 Å². The highest BCUT2D eigenvalue weighted by Crippen LogP contribution is 2.27. The normalized spacial score (nSPS) is 10.7. The van der Waals surface area contributed by atoms with Crippen molar-refractivity contribution in [3.05, 3.63) is 83.9 Å². The highest BCUT2D eigenvalue weighted by atomic mass is 32.1. The molecule has 26 heavy (non-hydrogen) atoms. The summed E-state index contributed by atoms with van der Waals surface area (Å²) in [6.45, 7) is 2.04. The Hall–Kier alpha value is -3.18. The fourth-order valence-electron chi connectivity index (χ4n) is 2.55. The number of para-hydroxylation sites is 1. The molecular formula is C21H16N2O2S. The number of aryl methyl sites for hydroxylation is 1. The molecular weight excluding hydrogens is 344 g/mol. The molecule has 0 aliphatic rings. The number of fused-ring (bicyclic) bond motifs is 1. The summed E-state index contributed by atoms with van der Waals surface area (Å²) in [6.07, 6.45) is 0. The fraction of sp³-hybridized carbons (Fsp3) is 0.0476. The number of rotatable bonds is 4. The van der Waals surface area contributed by atoms with E-state index < -0.39 is 0 Å². The number of nitrogens with zero attached hydrogens (tertiary/aromatic N) is 1. The second-order valence-corrected chi connectivity index (χ2v) is 6.91. The molecule has 1 N–H and O–H groups in total. The van der Waals surface area contributed by atoms with Gasteiger partial charge in [-0.05, 0) is 61.0 Å². The molecule has 0 aliphatic heterocycles. The van der Waals surface area contributed by atoms with Crippen LogP contribution in [0.1, 0.15) is 15.9 Å². The maximum atomic E-state index is 12.4. The van der Waals surface area contributed by atoms with Gasteiger partial charge in [0, 0.05) is 5.56 Å². The summed E-state index contributed by atoms with van der Waals surface area (Å²) in [4.78, 5) is 16.9. The van der Waals surface area contributed by atoms with Crippen LogP contribution in [0.2, 0.25) is 0 Å². The molecule has 0 radical (unpaired) electrons. The van der Waals surface area contributed by atoms with Crippen LogP contribution in [0.25, 0.3) is 10.2 Å². The average molecular weight is 360 g/mol. The number of hydrogen-bond donors (Lipinski definition) is 1. The molecule has 4 aromatic rings. The van der Waals surface area contributed by atoms with Gasteiger partial charge in [0.2, 0.25) is 0 Å². The van der Waals surface area contributed by atoms with E-state index in [2.05, 4.69) is 16.4 Å². The number of carbonyl (C=O) groups is 1. The van der Waals surface area contributed by atoms with Gasteiger partial charge < -0.3 is 4.74 Å². The van der Waals surface area contributed by atoms with Crippen molar-refractivity contribution in [3.63, 3.8) is 0 Å². The minimum absolute atomic E-state index is 0.188. The Morgan fingerprint density at radius 3 is 2.46 bits per heavy atom. The monoisotopic (exact) mass is 360 g/mol. The fourth-order valence-corrected chi connectivity index (χ4v) is 3.51. The minimum Gasteiger partial charge on any atom is -0.457 e. The van der Waals surface area contributed by atoms with Crippen molar-refractivity contribution in [3.8, 4) is 11.5 Å². The van der Waals surface area contributed by atoms with Crippen LogP contribution in [-0.2, 0) is 0 Å². The first-order valence-electron chi connectivity index (χ1n) is 8.19. The molecule has 4 nitrogen and oxygen atoms in total. The van der Waals surface area contributed by atoms with Gasteiger partial charge in [-0.3, -0.25) is 10.1 Å². The Labute approximate surface area is 155 Å². The number of thiazole rings is 1. The lowest BCUT2D eigenvalue weighted by Gasteiger charge is -2.06. The maximum absolute atomic E-state index is 12.4. The first kappa shape index (κ1) is 16.3. The zero-order valence-electron chi connectivity index (χ0n) is 14.1. The molecule has 0 saturated carbocycles. The number of benzene rings is 3. The Morgan fingerprint density at radius 2 is 1.69 bits per heavy atom. The number of nitrogens with one attached hydrogen (secondary N) is 1. The Balaban J connectivity index is 1.47. The van der Waals surface area contributed by atoms with Crippen molar-refractivity contribution in [2.75, 3.05) is 5.32 Å². The smallest absolute Gasteiger partial charge is 0.257 e. The quantitative estimate of drug-likeness (QED) is 0.512. The Bertz CT molecular complexity index is 1060. The molecule has 0 fully saturated rings. The summed E-state index contributed by atoms with van der Waals surface area (Å²) in [5.41, 5.74) is 2.62. The van der Waals surface area contributed by atoms with Gasteiger partial charge in [0.05, 0.1) is 10.2 Å². The summed E-state index contributed by atoms with van der Waals surface area (Å²) in [7, 11) is 0. The van der Waals surface area contributed by atoms with Crippen molar-refractivity contribution >= 4 is 32.6 Å². The van der Waals surface area contributed by atoms with Crippen LogP contribution >= 0.6 is 11.3 Å². The molecule has 128 valence electrons. The molecule has 1 amide bonds. The molecule has 0 atom stereocenters. The van der Waals surface area contributed by atoms with E-state index in [0.29, 0.717) is 16.4 Å². The summed E-state index contributed by atoms with van der Waals surface area (Å²) in [5, 5.41) is 3.46. The number of hydrogen-bond acceptors (Lipinski definition) is 4. The first-order chi connectivity index (χ1) is 12.7. The van der Waals surface area contributed by atoms with Gasteiger partial charge in [0.25, 0.3) is 5.91 Å². The third kappa shape index (κ3) is 3.58. The number of amides is 1. The first-order valence-corrected chi connectivity index (χ1v) is 9.00. The standard InChI is InChI=1S/C21H16N2O2S/c1-14-7-12-18-19(13-14)26-21(22-18)23-20(24)15-8-10-17(11-9-15)25-16-5-3-2-4-6-16/h2-13H,1H3,(H,22,23,24). The van der Waals surface area contributed by atoms with Crippen LogP contribution in [0.4, 0.5) is 5.13 Å². The molecule has 3 aromatic carbocycles. The predicted molar refractivity (Wildman–Crippen MR) is 105 cm³/mol. The summed E-state index contributed by atoms with van der Waals surface area (Å²) in [5.74, 6) is 1.25. The van der Waals surface area contributed by atoms with Crippen molar-refractivity contribution in [1.82, 2.24) is 4.98 Å². The van der Waals surface area contributed by atoms with E-state index in [1.165, 1.54) is 16.9 Å². The van der Waals surface area contributed by atoms with Gasteiger partial charge in [-0.1, -0.05) is 35.6 Å². The average Bonchev–Trinajstić information content (AvgIpc) is 3.04. The van der Waals surface area contributed by atoms with Gasteiger partial charge in [-0.15, -0.1) is 0 Å². The molecule has 0 aliphatic carbocycles. The predicted octanol–water partition coefficient (Wildman–Crippen LogP) is 5.65. The van der Waals surface area contributed by atoms with Crippen LogP contribution in [0.3, 0.4) is 0 Å². The number of ether oxygens (including phenoxy) is 1. The third-order valence-electron chi connectivity index (χ3n) is 3.86. The number of aromatic nitrogens is 1. The van der Waals surface area contributed by atoms with E-state index >= 15 is 0 Å². The van der Waals surface area contributed by atoms with E-state index in [0.717, 1.165) is 16.0 Å². The van der Waals surface area contributed by atoms with Crippen LogP contribution in [0.15, 0.2) is 72.8 Å². The molecule has 0 bridgehead atoms. The lowest BCUT2D eigenvalue weighted by molar-refractivity contribution is 0.102. The van der Waals surface area contributed by atoms with Crippen molar-refractivity contribution in [2.45, 2.75) is 6.92 Å². The van der Waals surface area contributed by atoms with Crippen molar-refractivity contribution < 1.29 is 9.53 Å². The van der Waals surface area contributed by atoms with Gasteiger partial charge >= 0.3 is 0 Å². The van der Waals surface area contributed by atoms with Gasteiger partial charge in [-0.25, -0.2) is 4.98 Å². The molecule has 0 spiro atoms. The largest absolute Gasteiger partial charge is 0.457 e. The summed E-state index contributed by atoms with van der Waals surface area (Å²) < 4.78 is 6.80. The lowest BCUT2D eigenvalue weighted by Crippen LogP contribution is -2.11. The minimum atomic E-state index is -0.188. The van der Waals surface area contributed by atoms with Crippen LogP contribution < -0.4 is 10.1 Å². The molecule has 0 unspecified atom stereocenters. The summed E-state index contributed by atoms with van der Waals surface area (Å²) in [6, 6.07) is 22.6. The number of anilines is 1. The van der Waals surface area contributed by atoms with Crippen molar-refractivity contribution in [1.29, 1.82) is 0 Å². The summed E-state index contributed by atoms with van der Waals surface area (Å²) >= 11 is 1.47. The van der Waals surface area contributed by atoms with E-state index in [1.54, 1.807) is 24.3 Å². The Kier molecular flexibility index (Phi) is 4.37. The van der Waals surface area contributed by atoms with E-state index in [-0.39, 0.29) is 5.91 Å². The third-order valence-corrected chi connectivity index (χ3v) is 4.79. The second kappa shape index (κ2) is 6.98. The molecule has 4 rings (SSSR count). The van der Waals surface area contributed by atoms with E-state index in [1.807, 2.05) is 49.4 Å². The topological polar surface area (TPSA) is 51.2 Å². The lowest BCUT2D eigenvalue weighted by atomic mass is 10.2. The Morgan fingerprint density at radius 1 is 0.962 bits per heavy atom. The van der Waals surface area contributed by atoms with Crippen LogP contribution in [-0.4, -0.2) is 10.9 Å². The molecule has 1 aromatic heterocycles. The number of carbonyl (C=O) groups excluding carboxylic acids is 1. The maximum Gasteiger partial charge on any atom is 0.257 e. The van der Waals surface area contributed by atoms with Crippen LogP contribution in [0, 0.1) is 6.92 Å². The molecule has 1 heterocycles. The second-order valence-electron chi connectivity index (χ2n) is 5.88. The highest BCUT2D eigenvalue weighted by molar-refractivity contribution is 7.22. The SMILES string of the molecule is Cc1ccc2nc(NC(=O)c3ccc(Oc4ccccc4)cc3)sc2c1. The van der Waals surface area contributed by atoms with Gasteiger partial charge in [-0.2, -0.15) is 0 Å². The van der Waals surface area contributed by atoms with E-state index in [4.69, 9.17) is 4.74 Å². The zero-order valence-corrected chi connectivity index (χ0v) is 14.9. The van der Waals surface area contributed by atoms with Crippen molar-refractivity contribution in [2.24, 2.45) is 0 Å². The molecule has 0 saturated heterocycles. The molecule has 5 heteroatoms.